The Balaban J connectivity index is 1.83. The zero-order chi connectivity index (χ0) is 14.4. The first-order chi connectivity index (χ1) is 9.70. The average molecular weight is 278 g/mol. The SMILES string of the molecule is COc1ccccc1NC(=O)CNC1CCCCC1O. The summed E-state index contributed by atoms with van der Waals surface area (Å²) in [6.07, 6.45) is 3.55. The fourth-order valence-electron chi connectivity index (χ4n) is 2.52. The Kier molecular flexibility index (Phi) is 5.38. The summed E-state index contributed by atoms with van der Waals surface area (Å²) in [6.45, 7) is 0.194. The lowest BCUT2D eigenvalue weighted by Gasteiger charge is -2.28. The quantitative estimate of drug-likeness (QED) is 0.764. The van der Waals surface area contributed by atoms with Crippen molar-refractivity contribution in [2.24, 2.45) is 0 Å². The fraction of sp³-hybridized carbons (Fsp3) is 0.533. The van der Waals surface area contributed by atoms with E-state index in [1.54, 1.807) is 19.2 Å². The first-order valence-corrected chi connectivity index (χ1v) is 7.05. The molecule has 5 heteroatoms. The molecule has 0 aliphatic heterocycles. The molecule has 0 heterocycles. The van der Waals surface area contributed by atoms with Gasteiger partial charge in [-0.3, -0.25) is 4.79 Å². The Hall–Kier alpha value is -1.59. The second-order valence-corrected chi connectivity index (χ2v) is 5.09. The summed E-state index contributed by atoms with van der Waals surface area (Å²) in [5.41, 5.74) is 0.658. The highest BCUT2D eigenvalue weighted by Crippen LogP contribution is 2.23. The number of para-hydroxylation sites is 2. The van der Waals surface area contributed by atoms with Crippen molar-refractivity contribution in [2.75, 3.05) is 19.0 Å². The number of carbonyl (C=O) groups excluding carboxylic acids is 1. The number of aliphatic hydroxyl groups excluding tert-OH is 1. The molecule has 1 saturated carbocycles. The first-order valence-electron chi connectivity index (χ1n) is 7.05. The van der Waals surface area contributed by atoms with E-state index in [0.717, 1.165) is 25.7 Å². The third-order valence-corrected chi connectivity index (χ3v) is 3.64. The van der Waals surface area contributed by atoms with E-state index in [1.165, 1.54) is 0 Å². The largest absolute Gasteiger partial charge is 0.495 e. The standard InChI is InChI=1S/C15H22N2O3/c1-20-14-9-5-3-7-12(14)17-15(19)10-16-11-6-2-4-8-13(11)18/h3,5,7,9,11,13,16,18H,2,4,6,8,10H2,1H3,(H,17,19). The van der Waals surface area contributed by atoms with E-state index >= 15 is 0 Å². The smallest absolute Gasteiger partial charge is 0.238 e. The molecule has 1 amide bonds. The van der Waals surface area contributed by atoms with Crippen molar-refractivity contribution in [3.05, 3.63) is 24.3 Å². The monoisotopic (exact) mass is 278 g/mol. The molecule has 2 rings (SSSR count). The number of amides is 1. The maximum absolute atomic E-state index is 11.9. The molecule has 110 valence electrons. The summed E-state index contributed by atoms with van der Waals surface area (Å²) < 4.78 is 5.18. The van der Waals surface area contributed by atoms with Crippen LogP contribution in [-0.2, 0) is 4.79 Å². The van der Waals surface area contributed by atoms with Gasteiger partial charge in [-0.15, -0.1) is 0 Å². The summed E-state index contributed by atoms with van der Waals surface area (Å²) in [7, 11) is 1.57. The Morgan fingerprint density at radius 2 is 2.10 bits per heavy atom. The number of hydrogen-bond donors (Lipinski definition) is 3. The highest BCUT2D eigenvalue weighted by molar-refractivity contribution is 5.93. The molecule has 0 bridgehead atoms. The third kappa shape index (κ3) is 3.95. The number of aliphatic hydroxyl groups is 1. The van der Waals surface area contributed by atoms with Gasteiger partial charge < -0.3 is 20.5 Å². The van der Waals surface area contributed by atoms with Crippen molar-refractivity contribution >= 4 is 11.6 Å². The van der Waals surface area contributed by atoms with Crippen LogP contribution >= 0.6 is 0 Å². The number of benzene rings is 1. The molecule has 0 radical (unpaired) electrons. The van der Waals surface area contributed by atoms with Gasteiger partial charge in [0.25, 0.3) is 0 Å². The maximum Gasteiger partial charge on any atom is 0.238 e. The van der Waals surface area contributed by atoms with Crippen LogP contribution < -0.4 is 15.4 Å². The summed E-state index contributed by atoms with van der Waals surface area (Å²) in [6, 6.07) is 7.31. The van der Waals surface area contributed by atoms with Gasteiger partial charge in [0.05, 0.1) is 25.4 Å². The van der Waals surface area contributed by atoms with Crippen LogP contribution in [0.5, 0.6) is 5.75 Å². The van der Waals surface area contributed by atoms with E-state index in [1.807, 2.05) is 12.1 Å². The minimum Gasteiger partial charge on any atom is -0.495 e. The lowest BCUT2D eigenvalue weighted by atomic mass is 9.92. The second-order valence-electron chi connectivity index (χ2n) is 5.09. The number of anilines is 1. The van der Waals surface area contributed by atoms with Crippen LogP contribution in [0.3, 0.4) is 0 Å². The van der Waals surface area contributed by atoms with Crippen molar-refractivity contribution in [3.63, 3.8) is 0 Å². The zero-order valence-corrected chi connectivity index (χ0v) is 11.8. The number of hydrogen-bond acceptors (Lipinski definition) is 4. The van der Waals surface area contributed by atoms with Gasteiger partial charge in [0.2, 0.25) is 5.91 Å². The summed E-state index contributed by atoms with van der Waals surface area (Å²) in [4.78, 5) is 11.9. The van der Waals surface area contributed by atoms with Crippen molar-refractivity contribution in [3.8, 4) is 5.75 Å². The molecule has 20 heavy (non-hydrogen) atoms. The number of rotatable bonds is 5. The minimum absolute atomic E-state index is 0.0205. The normalized spacial score (nSPS) is 22.3. The number of methoxy groups -OCH3 is 1. The molecule has 1 aromatic carbocycles. The van der Waals surface area contributed by atoms with Gasteiger partial charge in [-0.1, -0.05) is 25.0 Å². The Morgan fingerprint density at radius 1 is 1.35 bits per heavy atom. The van der Waals surface area contributed by atoms with Crippen LogP contribution in [-0.4, -0.2) is 36.8 Å². The number of carbonyl (C=O) groups is 1. The van der Waals surface area contributed by atoms with Crippen LogP contribution in [0.4, 0.5) is 5.69 Å². The van der Waals surface area contributed by atoms with Crippen LogP contribution in [0.15, 0.2) is 24.3 Å². The van der Waals surface area contributed by atoms with Gasteiger partial charge in [0, 0.05) is 6.04 Å². The first kappa shape index (κ1) is 14.8. The molecule has 3 N–H and O–H groups in total. The van der Waals surface area contributed by atoms with E-state index in [0.29, 0.717) is 11.4 Å². The van der Waals surface area contributed by atoms with Crippen molar-refractivity contribution in [1.82, 2.24) is 5.32 Å². The van der Waals surface area contributed by atoms with Crippen LogP contribution in [0.1, 0.15) is 25.7 Å². The molecule has 1 aliphatic rings. The van der Waals surface area contributed by atoms with Crippen molar-refractivity contribution < 1.29 is 14.6 Å². The Bertz CT molecular complexity index is 450. The molecule has 0 spiro atoms. The molecule has 1 fully saturated rings. The van der Waals surface area contributed by atoms with Gasteiger partial charge in [0.1, 0.15) is 5.75 Å². The molecule has 1 aliphatic carbocycles. The maximum atomic E-state index is 11.9. The Morgan fingerprint density at radius 3 is 2.85 bits per heavy atom. The molecule has 2 atom stereocenters. The highest BCUT2D eigenvalue weighted by Gasteiger charge is 2.22. The fourth-order valence-corrected chi connectivity index (χ4v) is 2.52. The van der Waals surface area contributed by atoms with Gasteiger partial charge >= 0.3 is 0 Å². The highest BCUT2D eigenvalue weighted by atomic mass is 16.5. The second kappa shape index (κ2) is 7.26. The van der Waals surface area contributed by atoms with Crippen LogP contribution in [0, 0.1) is 0 Å². The topological polar surface area (TPSA) is 70.6 Å². The van der Waals surface area contributed by atoms with Crippen LogP contribution in [0.2, 0.25) is 0 Å². The summed E-state index contributed by atoms with van der Waals surface area (Å²) in [5, 5.41) is 15.8. The van der Waals surface area contributed by atoms with E-state index < -0.39 is 0 Å². The lowest BCUT2D eigenvalue weighted by Crippen LogP contribution is -2.45. The predicted octanol–water partition coefficient (Wildman–Crippen LogP) is 1.53. The lowest BCUT2D eigenvalue weighted by molar-refractivity contribution is -0.115. The molecular formula is C15H22N2O3. The van der Waals surface area contributed by atoms with Gasteiger partial charge in [-0.05, 0) is 25.0 Å². The summed E-state index contributed by atoms with van der Waals surface area (Å²) >= 11 is 0. The zero-order valence-electron chi connectivity index (χ0n) is 11.8. The number of ether oxygens (including phenoxy) is 1. The third-order valence-electron chi connectivity index (χ3n) is 3.64. The molecule has 0 aromatic heterocycles. The Labute approximate surface area is 119 Å². The number of nitrogens with one attached hydrogen (secondary N) is 2. The van der Waals surface area contributed by atoms with Gasteiger partial charge in [-0.2, -0.15) is 0 Å². The van der Waals surface area contributed by atoms with Gasteiger partial charge in [-0.25, -0.2) is 0 Å². The van der Waals surface area contributed by atoms with Crippen LogP contribution in [0.25, 0.3) is 0 Å². The molecule has 2 unspecified atom stereocenters. The van der Waals surface area contributed by atoms with E-state index in [-0.39, 0.29) is 24.6 Å². The molecule has 0 saturated heterocycles. The molecular weight excluding hydrogens is 256 g/mol. The van der Waals surface area contributed by atoms with Gasteiger partial charge in [0.15, 0.2) is 0 Å². The van der Waals surface area contributed by atoms with Crippen molar-refractivity contribution in [2.45, 2.75) is 37.8 Å². The average Bonchev–Trinajstić information content (AvgIpc) is 2.47. The van der Waals surface area contributed by atoms with E-state index in [2.05, 4.69) is 10.6 Å². The van der Waals surface area contributed by atoms with Crippen molar-refractivity contribution in [1.29, 1.82) is 0 Å². The predicted molar refractivity (Wildman–Crippen MR) is 77.9 cm³/mol. The molecule has 5 nitrogen and oxygen atoms in total. The molecule has 1 aromatic rings. The van der Waals surface area contributed by atoms with E-state index in [4.69, 9.17) is 4.74 Å². The summed E-state index contributed by atoms with van der Waals surface area (Å²) in [5.74, 6) is 0.505. The minimum atomic E-state index is -0.345. The van der Waals surface area contributed by atoms with E-state index in [9.17, 15) is 9.90 Å².